The molecule has 0 saturated carbocycles. The molecule has 2 amide bonds. The van der Waals surface area contributed by atoms with Gasteiger partial charge >= 0.3 is 0 Å². The van der Waals surface area contributed by atoms with Gasteiger partial charge < -0.3 is 16.8 Å². The molecule has 0 aliphatic carbocycles. The minimum absolute atomic E-state index is 0.0512. The number of nitrogens with zero attached hydrogens (tertiary/aromatic N) is 2. The van der Waals surface area contributed by atoms with Gasteiger partial charge in [0.05, 0.1) is 12.5 Å². The van der Waals surface area contributed by atoms with Crippen LogP contribution in [0, 0.1) is 0 Å². The van der Waals surface area contributed by atoms with Crippen molar-refractivity contribution in [3.8, 4) is 0 Å². The van der Waals surface area contributed by atoms with E-state index in [9.17, 15) is 9.59 Å². The molecule has 2 rings (SSSR count). The lowest BCUT2D eigenvalue weighted by molar-refractivity contribution is -0.120. The third kappa shape index (κ3) is 5.11. The van der Waals surface area contributed by atoms with Gasteiger partial charge in [0.2, 0.25) is 11.8 Å². The molecule has 0 aliphatic heterocycles. The molecule has 0 unspecified atom stereocenters. The number of carbonyl (C=O) groups excluding carboxylic acids is 2. The highest BCUT2D eigenvalue weighted by Gasteiger charge is 2.19. The molecular formula is C15H19N5O2S. The molecule has 8 heteroatoms. The zero-order valence-electron chi connectivity index (χ0n) is 12.8. The first kappa shape index (κ1) is 17.0. The molecule has 1 aromatic heterocycles. The number of benzene rings is 1. The van der Waals surface area contributed by atoms with Crippen molar-refractivity contribution in [2.24, 2.45) is 11.5 Å². The summed E-state index contributed by atoms with van der Waals surface area (Å²) < 4.78 is 0. The second kappa shape index (κ2) is 7.80. The summed E-state index contributed by atoms with van der Waals surface area (Å²) in [4.78, 5) is 22.4. The largest absolute Gasteiger partial charge is 0.369 e. The van der Waals surface area contributed by atoms with E-state index in [-0.39, 0.29) is 18.4 Å². The highest BCUT2D eigenvalue weighted by atomic mass is 32.1. The maximum atomic E-state index is 11.5. The summed E-state index contributed by atoms with van der Waals surface area (Å²) in [7, 11) is 0. The van der Waals surface area contributed by atoms with Crippen LogP contribution in [0.4, 0.5) is 0 Å². The van der Waals surface area contributed by atoms with Crippen LogP contribution in [0.25, 0.3) is 0 Å². The van der Waals surface area contributed by atoms with E-state index in [1.807, 2.05) is 24.3 Å². The van der Waals surface area contributed by atoms with E-state index in [2.05, 4.69) is 15.5 Å². The SMILES string of the molecule is CC(=O)N[C@@H](Cc1ccc(CN)cc1)c1nnc(CC(N)=O)s1. The third-order valence-electron chi connectivity index (χ3n) is 3.18. The number of hydrogen-bond acceptors (Lipinski definition) is 6. The highest BCUT2D eigenvalue weighted by Crippen LogP contribution is 2.22. The maximum Gasteiger partial charge on any atom is 0.224 e. The first-order valence-corrected chi connectivity index (χ1v) is 7.95. The zero-order chi connectivity index (χ0) is 16.8. The minimum atomic E-state index is -0.457. The van der Waals surface area contributed by atoms with E-state index in [1.54, 1.807) is 0 Å². The molecule has 0 aliphatic rings. The fourth-order valence-corrected chi connectivity index (χ4v) is 3.02. The zero-order valence-corrected chi connectivity index (χ0v) is 13.6. The molecule has 23 heavy (non-hydrogen) atoms. The van der Waals surface area contributed by atoms with Crippen molar-refractivity contribution in [1.29, 1.82) is 0 Å². The number of rotatable bonds is 7. The number of carbonyl (C=O) groups is 2. The Bertz CT molecular complexity index is 683. The fraction of sp³-hybridized carbons (Fsp3) is 0.333. The Kier molecular flexibility index (Phi) is 5.78. The van der Waals surface area contributed by atoms with Crippen molar-refractivity contribution < 1.29 is 9.59 Å². The van der Waals surface area contributed by atoms with E-state index in [0.29, 0.717) is 23.0 Å². The molecule has 1 heterocycles. The average Bonchev–Trinajstić information content (AvgIpc) is 2.94. The number of amides is 2. The van der Waals surface area contributed by atoms with E-state index < -0.39 is 5.91 Å². The molecule has 7 nitrogen and oxygen atoms in total. The Morgan fingerprint density at radius 2 is 1.87 bits per heavy atom. The lowest BCUT2D eigenvalue weighted by Crippen LogP contribution is -2.27. The number of aromatic nitrogens is 2. The smallest absolute Gasteiger partial charge is 0.224 e. The van der Waals surface area contributed by atoms with Crippen molar-refractivity contribution in [3.63, 3.8) is 0 Å². The molecule has 1 atom stereocenters. The van der Waals surface area contributed by atoms with E-state index in [4.69, 9.17) is 11.5 Å². The summed E-state index contributed by atoms with van der Waals surface area (Å²) in [5, 5.41) is 12.1. The van der Waals surface area contributed by atoms with Gasteiger partial charge in [0.25, 0.3) is 0 Å². The summed E-state index contributed by atoms with van der Waals surface area (Å²) in [5.41, 5.74) is 12.8. The molecular weight excluding hydrogens is 314 g/mol. The lowest BCUT2D eigenvalue weighted by Gasteiger charge is -2.15. The number of nitrogens with one attached hydrogen (secondary N) is 1. The third-order valence-corrected chi connectivity index (χ3v) is 4.22. The quantitative estimate of drug-likeness (QED) is 0.678. The minimum Gasteiger partial charge on any atom is -0.369 e. The van der Waals surface area contributed by atoms with E-state index >= 15 is 0 Å². The Morgan fingerprint density at radius 3 is 2.43 bits per heavy atom. The Morgan fingerprint density at radius 1 is 1.22 bits per heavy atom. The Hall–Kier alpha value is -2.32. The number of hydrogen-bond donors (Lipinski definition) is 3. The van der Waals surface area contributed by atoms with Crippen molar-refractivity contribution in [3.05, 3.63) is 45.4 Å². The Balaban J connectivity index is 2.16. The first-order chi connectivity index (χ1) is 11.0. The van der Waals surface area contributed by atoms with Gasteiger partial charge in [0.15, 0.2) is 0 Å². The molecule has 0 fully saturated rings. The van der Waals surface area contributed by atoms with E-state index in [1.165, 1.54) is 18.3 Å². The van der Waals surface area contributed by atoms with Crippen LogP contribution < -0.4 is 16.8 Å². The average molecular weight is 333 g/mol. The molecule has 0 saturated heterocycles. The predicted octanol–water partition coefficient (Wildman–Crippen LogP) is 0.444. The van der Waals surface area contributed by atoms with Crippen LogP contribution in [0.2, 0.25) is 0 Å². The van der Waals surface area contributed by atoms with Crippen LogP contribution in [0.1, 0.15) is 34.1 Å². The first-order valence-electron chi connectivity index (χ1n) is 7.13. The summed E-state index contributed by atoms with van der Waals surface area (Å²) in [6.07, 6.45) is 0.630. The van der Waals surface area contributed by atoms with Gasteiger partial charge in [0.1, 0.15) is 10.0 Å². The second-order valence-electron chi connectivity index (χ2n) is 5.15. The maximum absolute atomic E-state index is 11.5. The molecule has 122 valence electrons. The van der Waals surface area contributed by atoms with Crippen LogP contribution in [0.3, 0.4) is 0 Å². The van der Waals surface area contributed by atoms with Gasteiger partial charge in [-0.2, -0.15) is 0 Å². The molecule has 1 aromatic carbocycles. The van der Waals surface area contributed by atoms with Gasteiger partial charge in [-0.15, -0.1) is 10.2 Å². The van der Waals surface area contributed by atoms with Crippen molar-refractivity contribution in [1.82, 2.24) is 15.5 Å². The van der Waals surface area contributed by atoms with Crippen LogP contribution in [-0.4, -0.2) is 22.0 Å². The summed E-state index contributed by atoms with van der Waals surface area (Å²) in [6.45, 7) is 1.94. The van der Waals surface area contributed by atoms with Crippen LogP contribution in [0.5, 0.6) is 0 Å². The van der Waals surface area contributed by atoms with Crippen LogP contribution in [-0.2, 0) is 29.0 Å². The number of nitrogens with two attached hydrogens (primary N) is 2. The summed E-state index contributed by atoms with van der Waals surface area (Å²) in [6, 6.07) is 7.57. The van der Waals surface area contributed by atoms with Gasteiger partial charge in [-0.1, -0.05) is 35.6 Å². The molecule has 0 spiro atoms. The lowest BCUT2D eigenvalue weighted by atomic mass is 10.0. The number of primary amides is 1. The Labute approximate surface area is 138 Å². The van der Waals surface area contributed by atoms with E-state index in [0.717, 1.165) is 11.1 Å². The second-order valence-corrected chi connectivity index (χ2v) is 6.25. The van der Waals surface area contributed by atoms with Gasteiger partial charge in [-0.3, -0.25) is 9.59 Å². The van der Waals surface area contributed by atoms with Crippen molar-refractivity contribution in [2.75, 3.05) is 0 Å². The van der Waals surface area contributed by atoms with Crippen molar-refractivity contribution in [2.45, 2.75) is 32.4 Å². The van der Waals surface area contributed by atoms with Gasteiger partial charge in [0, 0.05) is 13.5 Å². The van der Waals surface area contributed by atoms with Crippen LogP contribution >= 0.6 is 11.3 Å². The summed E-state index contributed by atoms with van der Waals surface area (Å²) >= 11 is 1.28. The summed E-state index contributed by atoms with van der Waals surface area (Å²) in [5.74, 6) is -0.610. The molecule has 5 N–H and O–H groups in total. The van der Waals surface area contributed by atoms with Crippen molar-refractivity contribution >= 4 is 23.2 Å². The monoisotopic (exact) mass is 333 g/mol. The fourth-order valence-electron chi connectivity index (χ4n) is 2.12. The molecule has 0 bridgehead atoms. The van der Waals surface area contributed by atoms with Gasteiger partial charge in [-0.25, -0.2) is 0 Å². The standard InChI is InChI=1S/C15H19N5O2S/c1-9(21)18-12(6-10-2-4-11(8-16)5-3-10)15-20-19-14(23-15)7-13(17)22/h2-5,12H,6-8,16H2,1H3,(H2,17,22)(H,18,21)/t12-/m0/s1. The van der Waals surface area contributed by atoms with Crippen LogP contribution in [0.15, 0.2) is 24.3 Å². The normalized spacial score (nSPS) is 11.9. The molecule has 0 radical (unpaired) electrons. The predicted molar refractivity (Wildman–Crippen MR) is 87.4 cm³/mol. The highest BCUT2D eigenvalue weighted by molar-refractivity contribution is 7.11. The topological polar surface area (TPSA) is 124 Å². The molecule has 2 aromatic rings. The van der Waals surface area contributed by atoms with Gasteiger partial charge in [-0.05, 0) is 17.5 Å².